The van der Waals surface area contributed by atoms with Crippen molar-refractivity contribution in [2.45, 2.75) is 26.8 Å². The molecule has 0 N–H and O–H groups in total. The van der Waals surface area contributed by atoms with E-state index >= 15 is 0 Å². The van der Waals surface area contributed by atoms with Crippen LogP contribution in [0.3, 0.4) is 0 Å². The van der Waals surface area contributed by atoms with Gasteiger partial charge in [0.25, 0.3) is 0 Å². The van der Waals surface area contributed by atoms with Crippen LogP contribution in [0.5, 0.6) is 0 Å². The zero-order chi connectivity index (χ0) is 16.2. The maximum Gasteiger partial charge on any atom is 0.227 e. The van der Waals surface area contributed by atoms with E-state index in [1.807, 2.05) is 24.8 Å². The Morgan fingerprint density at radius 1 is 1.13 bits per heavy atom. The normalized spacial score (nSPS) is 15.8. The fourth-order valence-electron chi connectivity index (χ4n) is 2.98. The topological polar surface area (TPSA) is 36.4 Å². The minimum atomic E-state index is 0.233. The summed E-state index contributed by atoms with van der Waals surface area (Å²) in [4.78, 5) is 22.4. The molecular weight excluding hydrogens is 306 g/mol. The smallest absolute Gasteiger partial charge is 0.227 e. The Labute approximate surface area is 141 Å². The van der Waals surface area contributed by atoms with E-state index in [1.54, 1.807) is 11.3 Å². The predicted molar refractivity (Wildman–Crippen MR) is 93.6 cm³/mol. The van der Waals surface area contributed by atoms with Gasteiger partial charge in [-0.25, -0.2) is 4.98 Å². The lowest BCUT2D eigenvalue weighted by Gasteiger charge is -2.34. The monoisotopic (exact) mass is 329 g/mol. The van der Waals surface area contributed by atoms with Gasteiger partial charge in [-0.15, -0.1) is 11.3 Å². The van der Waals surface area contributed by atoms with E-state index < -0.39 is 0 Å². The Kier molecular flexibility index (Phi) is 5.08. The van der Waals surface area contributed by atoms with Crippen molar-refractivity contribution in [3.8, 4) is 0 Å². The van der Waals surface area contributed by atoms with Crippen molar-refractivity contribution in [1.82, 2.24) is 14.8 Å². The van der Waals surface area contributed by atoms with Gasteiger partial charge in [0.1, 0.15) is 0 Å². The van der Waals surface area contributed by atoms with Gasteiger partial charge in [-0.05, 0) is 19.4 Å². The second-order valence-electron chi connectivity index (χ2n) is 6.06. The van der Waals surface area contributed by atoms with Crippen LogP contribution in [-0.2, 0) is 17.8 Å². The number of aryl methyl sites for hydroxylation is 2. The Bertz CT molecular complexity index is 660. The van der Waals surface area contributed by atoms with Gasteiger partial charge in [-0.3, -0.25) is 9.69 Å². The predicted octanol–water partition coefficient (Wildman–Crippen LogP) is 2.65. The number of carbonyl (C=O) groups is 1. The molecule has 1 aliphatic rings. The number of carbonyl (C=O) groups excluding carboxylic acids is 1. The lowest BCUT2D eigenvalue weighted by molar-refractivity contribution is -0.132. The van der Waals surface area contributed by atoms with E-state index in [-0.39, 0.29) is 5.91 Å². The third-order valence-electron chi connectivity index (χ3n) is 4.29. The van der Waals surface area contributed by atoms with Crippen molar-refractivity contribution in [2.75, 3.05) is 26.2 Å². The Hall–Kier alpha value is -1.72. The molecular formula is C18H23N3OS. The molecule has 0 atom stereocenters. The molecule has 1 amide bonds. The molecule has 2 heterocycles. The average Bonchev–Trinajstić information content (AvgIpc) is 2.86. The molecule has 0 unspecified atom stereocenters. The molecule has 2 aromatic rings. The molecule has 4 nitrogen and oxygen atoms in total. The molecule has 0 saturated carbocycles. The van der Waals surface area contributed by atoms with Gasteiger partial charge in [-0.2, -0.15) is 0 Å². The first-order valence-corrected chi connectivity index (χ1v) is 8.90. The fraction of sp³-hybridized carbons (Fsp3) is 0.444. The van der Waals surface area contributed by atoms with Crippen LogP contribution in [0.25, 0.3) is 0 Å². The van der Waals surface area contributed by atoms with E-state index in [1.165, 1.54) is 5.56 Å². The Balaban J connectivity index is 1.50. The van der Waals surface area contributed by atoms with Crippen molar-refractivity contribution >= 4 is 17.2 Å². The summed E-state index contributed by atoms with van der Waals surface area (Å²) in [5, 5.41) is 1.04. The number of hydrogen-bond donors (Lipinski definition) is 0. The number of amides is 1. The van der Waals surface area contributed by atoms with Crippen molar-refractivity contribution in [1.29, 1.82) is 0 Å². The second-order valence-corrected chi connectivity index (χ2v) is 7.35. The van der Waals surface area contributed by atoms with Crippen LogP contribution in [0.4, 0.5) is 0 Å². The molecule has 3 rings (SSSR count). The van der Waals surface area contributed by atoms with Crippen molar-refractivity contribution < 1.29 is 4.79 Å². The number of nitrogens with zero attached hydrogens (tertiary/aromatic N) is 3. The summed E-state index contributed by atoms with van der Waals surface area (Å²) in [7, 11) is 0. The van der Waals surface area contributed by atoms with Crippen LogP contribution >= 0.6 is 11.3 Å². The highest BCUT2D eigenvalue weighted by Gasteiger charge is 2.22. The van der Waals surface area contributed by atoms with Gasteiger partial charge in [0.15, 0.2) is 0 Å². The quantitative estimate of drug-likeness (QED) is 0.865. The number of thiazole rings is 1. The zero-order valence-electron chi connectivity index (χ0n) is 13.8. The first-order chi connectivity index (χ1) is 11.1. The minimum Gasteiger partial charge on any atom is -0.340 e. The summed E-state index contributed by atoms with van der Waals surface area (Å²) >= 11 is 1.64. The highest BCUT2D eigenvalue weighted by molar-refractivity contribution is 7.11. The fourth-order valence-corrected chi connectivity index (χ4v) is 3.91. The molecule has 0 radical (unpaired) electrons. The van der Waals surface area contributed by atoms with E-state index in [4.69, 9.17) is 0 Å². The summed E-state index contributed by atoms with van der Waals surface area (Å²) in [5.74, 6) is 0.233. The maximum atomic E-state index is 12.5. The molecule has 1 aromatic carbocycles. The van der Waals surface area contributed by atoms with Crippen LogP contribution in [0.1, 0.15) is 21.1 Å². The molecule has 1 aliphatic heterocycles. The van der Waals surface area contributed by atoms with Gasteiger partial charge in [0, 0.05) is 37.6 Å². The summed E-state index contributed by atoms with van der Waals surface area (Å²) in [6, 6.07) is 10.5. The van der Waals surface area contributed by atoms with E-state index in [0.29, 0.717) is 6.42 Å². The number of piperazine rings is 1. The maximum absolute atomic E-state index is 12.5. The molecule has 1 aromatic heterocycles. The van der Waals surface area contributed by atoms with Gasteiger partial charge in [0.2, 0.25) is 5.91 Å². The third-order valence-corrected chi connectivity index (χ3v) is 5.36. The molecule has 5 heteroatoms. The summed E-state index contributed by atoms with van der Waals surface area (Å²) < 4.78 is 0. The lowest BCUT2D eigenvalue weighted by Crippen LogP contribution is -2.48. The molecule has 23 heavy (non-hydrogen) atoms. The average molecular weight is 329 g/mol. The van der Waals surface area contributed by atoms with Crippen LogP contribution in [0.15, 0.2) is 30.3 Å². The van der Waals surface area contributed by atoms with Gasteiger partial charge in [-0.1, -0.05) is 30.3 Å². The standard InChI is InChI=1S/C18H23N3OS/c1-14-17(23-15(2)19-14)12-18(22)21-10-8-20(9-11-21)13-16-6-4-3-5-7-16/h3-7H,8-13H2,1-2H3. The molecule has 0 aliphatic carbocycles. The van der Waals surface area contributed by atoms with E-state index in [2.05, 4.69) is 34.1 Å². The first kappa shape index (κ1) is 16.1. The number of rotatable bonds is 4. The van der Waals surface area contributed by atoms with Crippen molar-refractivity contribution in [3.05, 3.63) is 51.5 Å². The van der Waals surface area contributed by atoms with Crippen LogP contribution in [0.2, 0.25) is 0 Å². The largest absolute Gasteiger partial charge is 0.340 e. The van der Waals surface area contributed by atoms with Crippen molar-refractivity contribution in [3.63, 3.8) is 0 Å². The molecule has 1 saturated heterocycles. The second kappa shape index (κ2) is 7.23. The number of hydrogen-bond acceptors (Lipinski definition) is 4. The Morgan fingerprint density at radius 2 is 1.83 bits per heavy atom. The molecule has 1 fully saturated rings. The molecule has 122 valence electrons. The molecule has 0 spiro atoms. The lowest BCUT2D eigenvalue weighted by atomic mass is 10.2. The van der Waals surface area contributed by atoms with Gasteiger partial charge < -0.3 is 4.90 Å². The summed E-state index contributed by atoms with van der Waals surface area (Å²) in [6.45, 7) is 8.49. The first-order valence-electron chi connectivity index (χ1n) is 8.09. The number of aromatic nitrogens is 1. The Morgan fingerprint density at radius 3 is 2.43 bits per heavy atom. The highest BCUT2D eigenvalue weighted by atomic mass is 32.1. The zero-order valence-corrected chi connectivity index (χ0v) is 14.6. The van der Waals surface area contributed by atoms with Crippen LogP contribution in [-0.4, -0.2) is 46.9 Å². The minimum absolute atomic E-state index is 0.233. The SMILES string of the molecule is Cc1nc(C)c(CC(=O)N2CCN(Cc3ccccc3)CC2)s1. The third kappa shape index (κ3) is 4.18. The van der Waals surface area contributed by atoms with E-state index in [9.17, 15) is 4.79 Å². The van der Waals surface area contributed by atoms with Gasteiger partial charge >= 0.3 is 0 Å². The van der Waals surface area contributed by atoms with Gasteiger partial charge in [0.05, 0.1) is 17.1 Å². The summed E-state index contributed by atoms with van der Waals surface area (Å²) in [6.07, 6.45) is 0.496. The van der Waals surface area contributed by atoms with Crippen molar-refractivity contribution in [2.24, 2.45) is 0 Å². The number of benzene rings is 1. The van der Waals surface area contributed by atoms with Crippen LogP contribution in [0, 0.1) is 13.8 Å². The van der Waals surface area contributed by atoms with E-state index in [0.717, 1.165) is 48.3 Å². The highest BCUT2D eigenvalue weighted by Crippen LogP contribution is 2.19. The summed E-state index contributed by atoms with van der Waals surface area (Å²) in [5.41, 5.74) is 2.34. The molecule has 0 bridgehead atoms. The van der Waals surface area contributed by atoms with Crippen LogP contribution < -0.4 is 0 Å².